The second-order valence-electron chi connectivity index (χ2n) is 11.4. The molecule has 5 heteroatoms. The molecule has 0 aromatic heterocycles. The van der Waals surface area contributed by atoms with Crippen LogP contribution in [0.2, 0.25) is 0 Å². The van der Waals surface area contributed by atoms with Crippen molar-refractivity contribution >= 4 is 0 Å². The first-order chi connectivity index (χ1) is 14.5. The monoisotopic (exact) mass is 425 g/mol. The number of ether oxygens (including phenoxy) is 2. The molecule has 2 N–H and O–H groups in total. The minimum Gasteiger partial charge on any atom is -0.504 e. The molecule has 1 saturated heterocycles. The maximum absolute atomic E-state index is 11.4. The van der Waals surface area contributed by atoms with Crippen molar-refractivity contribution < 1.29 is 19.7 Å². The Kier molecular flexibility index (Phi) is 3.56. The van der Waals surface area contributed by atoms with Gasteiger partial charge in [0.05, 0.1) is 11.0 Å². The van der Waals surface area contributed by atoms with E-state index in [1.807, 2.05) is 19.9 Å². The van der Waals surface area contributed by atoms with Crippen LogP contribution in [0.25, 0.3) is 0 Å². The van der Waals surface area contributed by atoms with Gasteiger partial charge in [-0.1, -0.05) is 25.1 Å². The highest BCUT2D eigenvalue weighted by molar-refractivity contribution is 5.68. The van der Waals surface area contributed by atoms with Gasteiger partial charge in [0.15, 0.2) is 11.5 Å². The van der Waals surface area contributed by atoms with Crippen molar-refractivity contribution in [3.63, 3.8) is 0 Å². The van der Waals surface area contributed by atoms with Crippen molar-refractivity contribution in [1.82, 2.24) is 4.90 Å². The number of rotatable bonds is 3. The lowest BCUT2D eigenvalue weighted by molar-refractivity contribution is -0.285. The van der Waals surface area contributed by atoms with Gasteiger partial charge in [0, 0.05) is 36.0 Å². The summed E-state index contributed by atoms with van der Waals surface area (Å²) in [6.45, 7) is 9.25. The van der Waals surface area contributed by atoms with Gasteiger partial charge in [0.25, 0.3) is 0 Å². The molecule has 4 bridgehead atoms. The van der Waals surface area contributed by atoms with E-state index in [0.29, 0.717) is 17.7 Å². The van der Waals surface area contributed by atoms with Crippen LogP contribution in [0.5, 0.6) is 11.5 Å². The molecule has 6 aliphatic rings. The molecular weight excluding hydrogens is 390 g/mol. The van der Waals surface area contributed by atoms with Crippen molar-refractivity contribution in [1.29, 1.82) is 0 Å². The number of piperidine rings is 1. The lowest BCUT2D eigenvalue weighted by atomic mass is 9.31. The molecular formula is C26H35NO4. The predicted octanol–water partition coefficient (Wildman–Crippen LogP) is 3.72. The average Bonchev–Trinajstić information content (AvgIpc) is 3.01. The van der Waals surface area contributed by atoms with Gasteiger partial charge in [0.2, 0.25) is 0 Å². The number of fused-ring (bicyclic) bond motifs is 1. The van der Waals surface area contributed by atoms with Crippen molar-refractivity contribution in [3.05, 3.63) is 35.4 Å². The summed E-state index contributed by atoms with van der Waals surface area (Å²) in [5.74, 6) is 1.08. The Morgan fingerprint density at radius 2 is 2.03 bits per heavy atom. The van der Waals surface area contributed by atoms with E-state index in [0.717, 1.165) is 25.8 Å². The van der Waals surface area contributed by atoms with Crippen molar-refractivity contribution in [2.75, 3.05) is 20.7 Å². The van der Waals surface area contributed by atoms with E-state index in [4.69, 9.17) is 9.47 Å². The van der Waals surface area contributed by atoms with Gasteiger partial charge in [-0.05, 0) is 65.3 Å². The molecule has 1 aromatic rings. The van der Waals surface area contributed by atoms with E-state index in [-0.39, 0.29) is 22.5 Å². The third kappa shape index (κ3) is 1.75. The molecule has 168 valence electrons. The Bertz CT molecular complexity index is 1010. The zero-order valence-electron chi connectivity index (χ0n) is 19.5. The summed E-state index contributed by atoms with van der Waals surface area (Å²) >= 11 is 0. The summed E-state index contributed by atoms with van der Waals surface area (Å²) in [7, 11) is 4.01. The van der Waals surface area contributed by atoms with Gasteiger partial charge in [-0.3, -0.25) is 0 Å². The summed E-state index contributed by atoms with van der Waals surface area (Å²) in [4.78, 5) is 2.55. The summed E-state index contributed by atoms with van der Waals surface area (Å²) in [6.07, 6.45) is 7.46. The van der Waals surface area contributed by atoms with Crippen LogP contribution in [0.15, 0.2) is 24.3 Å². The first kappa shape index (κ1) is 20.1. The highest BCUT2D eigenvalue weighted by atomic mass is 16.6. The molecule has 4 aliphatic carbocycles. The molecule has 7 atom stereocenters. The van der Waals surface area contributed by atoms with Gasteiger partial charge in [-0.15, -0.1) is 0 Å². The molecule has 0 radical (unpaired) electrons. The molecule has 31 heavy (non-hydrogen) atoms. The van der Waals surface area contributed by atoms with Crippen LogP contribution in [-0.4, -0.2) is 58.7 Å². The quantitative estimate of drug-likeness (QED) is 0.723. The molecule has 7 rings (SSSR count). The van der Waals surface area contributed by atoms with Crippen LogP contribution >= 0.6 is 0 Å². The van der Waals surface area contributed by atoms with Crippen LogP contribution in [0, 0.1) is 11.3 Å². The van der Waals surface area contributed by atoms with Crippen LogP contribution < -0.4 is 4.74 Å². The molecule has 2 aliphatic heterocycles. The molecule has 2 fully saturated rings. The number of hydrogen-bond acceptors (Lipinski definition) is 5. The highest BCUT2D eigenvalue weighted by Gasteiger charge is 2.85. The average molecular weight is 426 g/mol. The molecule has 5 nitrogen and oxygen atoms in total. The first-order valence-electron chi connectivity index (χ1n) is 11.8. The number of nitrogens with zero attached hydrogens (tertiary/aromatic N) is 1. The molecule has 0 amide bonds. The van der Waals surface area contributed by atoms with Gasteiger partial charge >= 0.3 is 0 Å². The summed E-state index contributed by atoms with van der Waals surface area (Å²) < 4.78 is 13.3. The Morgan fingerprint density at radius 1 is 1.29 bits per heavy atom. The van der Waals surface area contributed by atoms with Crippen molar-refractivity contribution in [3.8, 4) is 11.5 Å². The number of aliphatic hydroxyl groups is 1. The largest absolute Gasteiger partial charge is 0.504 e. The maximum atomic E-state index is 11.4. The number of phenols is 1. The maximum Gasteiger partial charge on any atom is 0.166 e. The molecule has 2 heterocycles. The molecule has 2 spiro atoms. The number of benzene rings is 1. The van der Waals surface area contributed by atoms with E-state index < -0.39 is 16.8 Å². The van der Waals surface area contributed by atoms with Crippen LogP contribution in [0.3, 0.4) is 0 Å². The van der Waals surface area contributed by atoms with E-state index >= 15 is 0 Å². The topological polar surface area (TPSA) is 62.2 Å². The minimum absolute atomic E-state index is 0.127. The minimum atomic E-state index is -0.937. The smallest absolute Gasteiger partial charge is 0.166 e. The molecule has 1 saturated carbocycles. The third-order valence-corrected chi connectivity index (χ3v) is 10.2. The standard InChI is InChI=1S/C26H35NO4/c1-7-15-16-8-9-17(28)20-19(16)25-12-13-27(5)21(15)24(25)10-11-26(30-6,23(25,4)31-20)18(14-24)22(2,3)29/h8-11,15,18,21,28-29H,7,12-14H2,1-6H3/t15?,18?,21?,23?,24?,25-,26?/m0/s1. The fraction of sp³-hybridized carbons (Fsp3) is 0.692. The second kappa shape index (κ2) is 5.49. The number of likely N-dealkylation sites (N-methyl/N-ethyl adjacent to an activating group) is 1. The van der Waals surface area contributed by atoms with E-state index in [1.54, 1.807) is 7.11 Å². The highest BCUT2D eigenvalue weighted by Crippen LogP contribution is 2.80. The van der Waals surface area contributed by atoms with E-state index in [2.05, 4.69) is 44.0 Å². The predicted molar refractivity (Wildman–Crippen MR) is 119 cm³/mol. The summed E-state index contributed by atoms with van der Waals surface area (Å²) in [6, 6.07) is 4.26. The lowest BCUT2D eigenvalue weighted by Gasteiger charge is -2.76. The van der Waals surface area contributed by atoms with Crippen LogP contribution in [0.4, 0.5) is 0 Å². The first-order valence-corrected chi connectivity index (χ1v) is 11.8. The number of likely N-dealkylation sites (tertiary alicyclic amines) is 1. The summed E-state index contributed by atoms with van der Waals surface area (Å²) in [5, 5.41) is 22.4. The lowest BCUT2D eigenvalue weighted by Crippen LogP contribution is -2.85. The Hall–Kier alpha value is -1.56. The number of hydrogen-bond donors (Lipinski definition) is 2. The van der Waals surface area contributed by atoms with Gasteiger partial charge in [-0.2, -0.15) is 0 Å². The zero-order valence-corrected chi connectivity index (χ0v) is 19.5. The van der Waals surface area contributed by atoms with Crippen molar-refractivity contribution in [2.24, 2.45) is 11.3 Å². The Balaban J connectivity index is 1.78. The molecule has 6 unspecified atom stereocenters. The van der Waals surface area contributed by atoms with E-state index in [1.165, 1.54) is 11.1 Å². The van der Waals surface area contributed by atoms with Crippen LogP contribution in [-0.2, 0) is 10.2 Å². The van der Waals surface area contributed by atoms with Gasteiger partial charge < -0.3 is 24.6 Å². The SMILES string of the molecule is CCC1c2ccc(O)c3c2[C@]24CCN(C)C1C21C=CC(OC)(C(C(C)(C)O)C1)C4(C)O3. The number of methoxy groups -OCH3 is 1. The molecule has 1 aromatic carbocycles. The fourth-order valence-corrected chi connectivity index (χ4v) is 9.22. The Morgan fingerprint density at radius 3 is 2.68 bits per heavy atom. The second-order valence-corrected chi connectivity index (χ2v) is 11.4. The normalized spacial score (nSPS) is 46.7. The fourth-order valence-electron chi connectivity index (χ4n) is 9.22. The van der Waals surface area contributed by atoms with Gasteiger partial charge in [-0.25, -0.2) is 0 Å². The summed E-state index contributed by atoms with van der Waals surface area (Å²) in [5.41, 5.74) is -0.381. The third-order valence-electron chi connectivity index (χ3n) is 10.2. The zero-order chi connectivity index (χ0) is 22.2. The number of aromatic hydroxyl groups is 1. The van der Waals surface area contributed by atoms with Crippen LogP contribution in [0.1, 0.15) is 64.0 Å². The van der Waals surface area contributed by atoms with Gasteiger partial charge in [0.1, 0.15) is 11.2 Å². The van der Waals surface area contributed by atoms with E-state index in [9.17, 15) is 10.2 Å². The van der Waals surface area contributed by atoms with Crippen molar-refractivity contribution in [2.45, 2.75) is 81.1 Å². The Labute approximate surface area is 185 Å². The number of phenolic OH excluding ortho intramolecular Hbond substituents is 1.